The molecule has 0 amide bonds. The highest BCUT2D eigenvalue weighted by molar-refractivity contribution is 7.80. The predicted octanol–water partition coefficient (Wildman–Crippen LogP) is -0.389. The maximum atomic E-state index is 10.6. The van der Waals surface area contributed by atoms with Crippen molar-refractivity contribution in [1.29, 1.82) is 0 Å². The van der Waals surface area contributed by atoms with Gasteiger partial charge in [-0.25, -0.2) is 4.79 Å². The summed E-state index contributed by atoms with van der Waals surface area (Å²) in [7, 11) is 0. The van der Waals surface area contributed by atoms with Crippen LogP contribution in [0.5, 0.6) is 0 Å². The van der Waals surface area contributed by atoms with Gasteiger partial charge in [-0.1, -0.05) is 0 Å². The molecule has 0 aliphatic rings. The zero-order valence-electron chi connectivity index (χ0n) is 6.34. The van der Waals surface area contributed by atoms with Crippen molar-refractivity contribution in [1.82, 2.24) is 0 Å². The van der Waals surface area contributed by atoms with Gasteiger partial charge in [0.2, 0.25) is 11.5 Å². The first kappa shape index (κ1) is 12.1. The van der Waals surface area contributed by atoms with Gasteiger partial charge in [-0.15, -0.1) is 0 Å². The molecule has 8 heteroatoms. The van der Waals surface area contributed by atoms with E-state index in [1.165, 1.54) is 0 Å². The molecule has 74 valence electrons. The molecule has 0 aromatic carbocycles. The smallest absolute Gasteiger partial charge is 0.334 e. The molecule has 1 atom stereocenters. The molecule has 0 aromatic heterocycles. The molecule has 0 aliphatic heterocycles. The quantitative estimate of drug-likeness (QED) is 0.553. The summed E-state index contributed by atoms with van der Waals surface area (Å²) < 4.78 is 13.2. The van der Waals surface area contributed by atoms with E-state index >= 15 is 0 Å². The number of aliphatic carboxylic acids is 2. The Morgan fingerprint density at radius 2 is 2.00 bits per heavy atom. The predicted molar refractivity (Wildman–Crippen MR) is 47.0 cm³/mol. The Labute approximate surface area is 82.6 Å². The number of hydrogen-bond acceptors (Lipinski definition) is 5. The molecule has 0 rings (SSSR count). The minimum atomic E-state index is -1.93. The number of thiol groups is 1. The van der Waals surface area contributed by atoms with Crippen LogP contribution in [0.4, 0.5) is 0 Å². The lowest BCUT2D eigenvalue weighted by Crippen LogP contribution is -2.40. The molecular weight excluding hydrogens is 218 g/mol. The normalized spacial score (nSPS) is 14.2. The second-order valence-electron chi connectivity index (χ2n) is 2.23. The van der Waals surface area contributed by atoms with Crippen LogP contribution < -0.4 is 0 Å². The van der Waals surface area contributed by atoms with E-state index in [-0.39, 0.29) is 17.2 Å². The van der Waals surface area contributed by atoms with E-state index in [9.17, 15) is 13.8 Å². The van der Waals surface area contributed by atoms with Gasteiger partial charge in [-0.2, -0.15) is 21.2 Å². The van der Waals surface area contributed by atoms with E-state index in [1.54, 1.807) is 0 Å². The van der Waals surface area contributed by atoms with Gasteiger partial charge < -0.3 is 10.2 Å². The average Bonchev–Trinajstić information content (AvgIpc) is 2.02. The van der Waals surface area contributed by atoms with Crippen LogP contribution in [0.25, 0.3) is 0 Å². The summed E-state index contributed by atoms with van der Waals surface area (Å²) >= 11 is 3.34. The van der Waals surface area contributed by atoms with Crippen LogP contribution in [0.3, 0.4) is 0 Å². The third-order valence-electron chi connectivity index (χ3n) is 1.32. The summed E-state index contributed by atoms with van der Waals surface area (Å²) in [5, 5.41) is 17.0. The molecule has 2 N–H and O–H groups in total. The van der Waals surface area contributed by atoms with Crippen molar-refractivity contribution in [2.75, 3.05) is 5.75 Å². The molecular formula is C5H7NO5S2. The van der Waals surface area contributed by atoms with Crippen molar-refractivity contribution in [3.05, 3.63) is 0 Å². The Morgan fingerprint density at radius 1 is 1.46 bits per heavy atom. The number of carbonyl (C=O) groups is 2. The summed E-state index contributed by atoms with van der Waals surface area (Å²) in [6.07, 6.45) is -0.749. The topological polar surface area (TPSA) is 104 Å². The van der Waals surface area contributed by atoms with E-state index in [4.69, 9.17) is 10.2 Å². The number of carboxylic acid groups (broad SMARTS) is 2. The molecule has 13 heavy (non-hydrogen) atoms. The third kappa shape index (κ3) is 3.15. The molecule has 0 bridgehead atoms. The van der Waals surface area contributed by atoms with Gasteiger partial charge in [0.15, 0.2) is 5.54 Å². The van der Waals surface area contributed by atoms with Gasteiger partial charge in [0.05, 0.1) is 6.42 Å². The molecule has 0 spiro atoms. The second-order valence-corrected chi connectivity index (χ2v) is 2.88. The number of carboxylic acids is 2. The van der Waals surface area contributed by atoms with E-state index in [0.29, 0.717) is 0 Å². The standard InChI is InChI=1S/C5H7NO5S2/c7-3(8)1-5(2-12,4(9)10)6-13-11/h12H,1-2H2,(H,7,8)(H,9,10). The third-order valence-corrected chi connectivity index (χ3v) is 2.26. The summed E-state index contributed by atoms with van der Waals surface area (Å²) in [5.41, 5.74) is -1.93. The Morgan fingerprint density at radius 3 is 2.23 bits per heavy atom. The molecule has 0 saturated heterocycles. The van der Waals surface area contributed by atoms with Crippen LogP contribution >= 0.6 is 12.6 Å². The first-order valence-corrected chi connectivity index (χ1v) is 4.39. The number of rotatable bonds is 5. The van der Waals surface area contributed by atoms with Crippen molar-refractivity contribution in [2.45, 2.75) is 12.0 Å². The van der Waals surface area contributed by atoms with E-state index < -0.39 is 23.9 Å². The summed E-state index contributed by atoms with van der Waals surface area (Å²) in [6.45, 7) is 0. The molecule has 0 radical (unpaired) electrons. The lowest BCUT2D eigenvalue weighted by molar-refractivity contribution is -0.148. The Kier molecular flexibility index (Phi) is 4.63. The zero-order chi connectivity index (χ0) is 10.5. The molecule has 0 aromatic rings. The Bertz CT molecular complexity index is 270. The fourth-order valence-electron chi connectivity index (χ4n) is 0.621. The monoisotopic (exact) mass is 225 g/mol. The Balaban J connectivity index is 4.97. The van der Waals surface area contributed by atoms with Crippen molar-refractivity contribution >= 4 is 36.0 Å². The maximum Gasteiger partial charge on any atom is 0.334 e. The maximum absolute atomic E-state index is 10.6. The van der Waals surface area contributed by atoms with Crippen molar-refractivity contribution in [3.8, 4) is 0 Å². The SMILES string of the molecule is O=S=NC(CS)(CC(=O)O)C(=O)O. The summed E-state index contributed by atoms with van der Waals surface area (Å²) in [6, 6.07) is 0. The minimum absolute atomic E-state index is 0.315. The highest BCUT2D eigenvalue weighted by Gasteiger charge is 2.40. The summed E-state index contributed by atoms with van der Waals surface area (Å²) in [5.74, 6) is -3.13. The largest absolute Gasteiger partial charge is 0.481 e. The van der Waals surface area contributed by atoms with E-state index in [0.717, 1.165) is 0 Å². The fraction of sp³-hybridized carbons (Fsp3) is 0.600. The summed E-state index contributed by atoms with van der Waals surface area (Å²) in [4.78, 5) is 20.9. The molecule has 0 fully saturated rings. The van der Waals surface area contributed by atoms with Crippen molar-refractivity contribution in [2.24, 2.45) is 4.36 Å². The molecule has 6 nitrogen and oxygen atoms in total. The van der Waals surface area contributed by atoms with Crippen LogP contribution in [0, 0.1) is 0 Å². The van der Waals surface area contributed by atoms with Crippen LogP contribution in [-0.4, -0.2) is 37.7 Å². The van der Waals surface area contributed by atoms with Gasteiger partial charge >= 0.3 is 11.9 Å². The van der Waals surface area contributed by atoms with Gasteiger partial charge in [0.1, 0.15) is 0 Å². The van der Waals surface area contributed by atoms with Crippen LogP contribution in [-0.2, 0) is 21.1 Å². The first-order chi connectivity index (χ1) is 5.98. The van der Waals surface area contributed by atoms with Crippen molar-refractivity contribution in [3.63, 3.8) is 0 Å². The number of hydrogen-bond donors (Lipinski definition) is 3. The van der Waals surface area contributed by atoms with E-state index in [2.05, 4.69) is 17.0 Å². The molecule has 0 aliphatic carbocycles. The fourth-order valence-corrected chi connectivity index (χ4v) is 1.38. The van der Waals surface area contributed by atoms with E-state index in [1.807, 2.05) is 0 Å². The highest BCUT2D eigenvalue weighted by atomic mass is 32.1. The van der Waals surface area contributed by atoms with Crippen LogP contribution in [0.1, 0.15) is 6.42 Å². The zero-order valence-corrected chi connectivity index (χ0v) is 8.05. The minimum Gasteiger partial charge on any atom is -0.481 e. The average molecular weight is 225 g/mol. The van der Waals surface area contributed by atoms with Gasteiger partial charge in [-0.3, -0.25) is 4.79 Å². The van der Waals surface area contributed by atoms with Crippen molar-refractivity contribution < 1.29 is 24.0 Å². The first-order valence-electron chi connectivity index (χ1n) is 3.06. The Hall–Kier alpha value is -0.890. The number of nitrogens with zero attached hydrogens (tertiary/aromatic N) is 1. The molecule has 0 saturated carbocycles. The van der Waals surface area contributed by atoms with Gasteiger partial charge in [0, 0.05) is 5.75 Å². The molecule has 0 heterocycles. The lowest BCUT2D eigenvalue weighted by atomic mass is 10.00. The lowest BCUT2D eigenvalue weighted by Gasteiger charge is -2.17. The highest BCUT2D eigenvalue weighted by Crippen LogP contribution is 2.18. The van der Waals surface area contributed by atoms with Gasteiger partial charge in [0.25, 0.3) is 0 Å². The molecule has 1 unspecified atom stereocenters. The second kappa shape index (κ2) is 4.97. The van der Waals surface area contributed by atoms with Crippen LogP contribution in [0.15, 0.2) is 4.36 Å². The van der Waals surface area contributed by atoms with Crippen LogP contribution in [0.2, 0.25) is 0 Å². The van der Waals surface area contributed by atoms with Gasteiger partial charge in [-0.05, 0) is 0 Å².